The van der Waals surface area contributed by atoms with Crippen molar-refractivity contribution in [3.63, 3.8) is 0 Å². The second kappa shape index (κ2) is 5.92. The Labute approximate surface area is 115 Å². The lowest BCUT2D eigenvalue weighted by Gasteiger charge is -2.19. The number of hydrogen-bond acceptors (Lipinski definition) is 6. The van der Waals surface area contributed by atoms with Crippen molar-refractivity contribution >= 4 is 15.9 Å². The van der Waals surface area contributed by atoms with E-state index in [-0.39, 0.29) is 11.3 Å². The van der Waals surface area contributed by atoms with Crippen molar-refractivity contribution in [3.05, 3.63) is 12.0 Å². The summed E-state index contributed by atoms with van der Waals surface area (Å²) in [6.45, 7) is 7.21. The molecule has 0 unspecified atom stereocenters. The number of sulfone groups is 1. The topological polar surface area (TPSA) is 75.4 Å². The highest BCUT2D eigenvalue weighted by Crippen LogP contribution is 2.12. The zero-order valence-corrected chi connectivity index (χ0v) is 13.0. The van der Waals surface area contributed by atoms with Crippen molar-refractivity contribution in [3.8, 4) is 0 Å². The molecule has 0 aliphatic heterocycles. The molecule has 0 aliphatic rings. The number of anilines is 1. The highest BCUT2D eigenvalue weighted by molar-refractivity contribution is 7.90. The number of aromatic nitrogens is 1. The molecule has 0 fully saturated rings. The molecule has 7 heteroatoms. The average molecular weight is 289 g/mol. The number of rotatable bonds is 6. The largest absolute Gasteiger partial charge is 0.432 e. The zero-order chi connectivity index (χ0) is 14.7. The maximum atomic E-state index is 11.1. The molecule has 0 spiro atoms. The van der Waals surface area contributed by atoms with E-state index in [2.05, 4.69) is 31.1 Å². The van der Waals surface area contributed by atoms with Crippen LogP contribution in [0.25, 0.3) is 0 Å². The van der Waals surface area contributed by atoms with Gasteiger partial charge in [0.2, 0.25) is 0 Å². The first-order chi connectivity index (χ1) is 8.57. The summed E-state index contributed by atoms with van der Waals surface area (Å²) < 4.78 is 27.5. The maximum Gasteiger partial charge on any atom is 0.297 e. The summed E-state index contributed by atoms with van der Waals surface area (Å²) in [5.74, 6) is 0.0848. The second-order valence-corrected chi connectivity index (χ2v) is 8.04. The molecule has 1 N–H and O–H groups in total. The quantitative estimate of drug-likeness (QED) is 0.843. The van der Waals surface area contributed by atoms with Crippen LogP contribution in [0.1, 0.15) is 26.5 Å². The van der Waals surface area contributed by atoms with Crippen LogP contribution in [0.15, 0.2) is 10.7 Å². The highest BCUT2D eigenvalue weighted by Gasteiger charge is 2.13. The van der Waals surface area contributed by atoms with E-state index < -0.39 is 9.84 Å². The van der Waals surface area contributed by atoms with Gasteiger partial charge in [-0.2, -0.15) is 4.98 Å². The Kier molecular flexibility index (Phi) is 4.98. The molecule has 1 rings (SSSR count). The summed E-state index contributed by atoms with van der Waals surface area (Å²) in [7, 11) is -1.21. The van der Waals surface area contributed by atoms with Crippen LogP contribution >= 0.6 is 0 Å². The Morgan fingerprint density at radius 3 is 2.58 bits per heavy atom. The molecule has 0 radical (unpaired) electrons. The van der Waals surface area contributed by atoms with Crippen LogP contribution in [0.5, 0.6) is 0 Å². The molecule has 0 saturated heterocycles. The van der Waals surface area contributed by atoms with Crippen LogP contribution in [-0.2, 0) is 16.4 Å². The molecule has 0 atom stereocenters. The van der Waals surface area contributed by atoms with Gasteiger partial charge in [0.25, 0.3) is 6.01 Å². The van der Waals surface area contributed by atoms with Gasteiger partial charge in [-0.1, -0.05) is 0 Å². The molecule has 0 saturated carbocycles. The normalized spacial score (nSPS) is 12.7. The van der Waals surface area contributed by atoms with Gasteiger partial charge in [-0.15, -0.1) is 0 Å². The van der Waals surface area contributed by atoms with Gasteiger partial charge in [0.05, 0.1) is 11.4 Å². The van der Waals surface area contributed by atoms with Crippen LogP contribution in [0.3, 0.4) is 0 Å². The van der Waals surface area contributed by atoms with E-state index in [4.69, 9.17) is 4.42 Å². The van der Waals surface area contributed by atoms with Gasteiger partial charge in [-0.05, 0) is 20.8 Å². The Bertz CT molecular complexity index is 503. The van der Waals surface area contributed by atoms with Crippen LogP contribution in [-0.4, -0.2) is 44.5 Å². The minimum Gasteiger partial charge on any atom is -0.432 e. The fourth-order valence-corrected chi connectivity index (χ4v) is 1.91. The summed E-state index contributed by atoms with van der Waals surface area (Å²) in [6, 6.07) is 0.439. The molecule has 0 bridgehead atoms. The Balaban J connectivity index is 2.54. The lowest BCUT2D eigenvalue weighted by atomic mass is 10.1. The molecule has 0 aliphatic carbocycles. The first-order valence-electron chi connectivity index (χ1n) is 6.15. The van der Waals surface area contributed by atoms with Crippen LogP contribution in [0.4, 0.5) is 6.01 Å². The molecule has 0 amide bonds. The van der Waals surface area contributed by atoms with Crippen molar-refractivity contribution in [1.82, 2.24) is 10.3 Å². The number of nitrogens with zero attached hydrogens (tertiary/aromatic N) is 2. The highest BCUT2D eigenvalue weighted by atomic mass is 32.2. The molecule has 19 heavy (non-hydrogen) atoms. The number of hydrogen-bond donors (Lipinski definition) is 1. The van der Waals surface area contributed by atoms with Crippen molar-refractivity contribution < 1.29 is 12.8 Å². The lowest BCUT2D eigenvalue weighted by Crippen LogP contribution is -2.35. The van der Waals surface area contributed by atoms with Gasteiger partial charge in [0, 0.05) is 31.9 Å². The minimum absolute atomic E-state index is 0.0152. The molecule has 0 aromatic carbocycles. The van der Waals surface area contributed by atoms with Crippen LogP contribution in [0.2, 0.25) is 0 Å². The fourth-order valence-electron chi connectivity index (χ4n) is 1.31. The fraction of sp³-hybridized carbons (Fsp3) is 0.750. The predicted molar refractivity (Wildman–Crippen MR) is 76.1 cm³/mol. The van der Waals surface area contributed by atoms with Crippen LogP contribution in [0, 0.1) is 0 Å². The van der Waals surface area contributed by atoms with E-state index in [0.717, 1.165) is 5.69 Å². The Morgan fingerprint density at radius 1 is 1.42 bits per heavy atom. The van der Waals surface area contributed by atoms with E-state index in [9.17, 15) is 8.42 Å². The van der Waals surface area contributed by atoms with Gasteiger partial charge in [-0.3, -0.25) is 0 Å². The standard InChI is InChI=1S/C12H23N3O3S/c1-12(2,3)13-8-10-9-18-11(14-10)15(4)6-7-19(5,16)17/h9,13H,6-8H2,1-5H3. The molecule has 1 aromatic heterocycles. The summed E-state index contributed by atoms with van der Waals surface area (Å²) >= 11 is 0. The van der Waals surface area contributed by atoms with E-state index in [0.29, 0.717) is 19.1 Å². The third-order valence-corrected chi connectivity index (χ3v) is 3.39. The van der Waals surface area contributed by atoms with Crippen molar-refractivity contribution in [2.45, 2.75) is 32.9 Å². The van der Waals surface area contributed by atoms with Crippen molar-refractivity contribution in [2.24, 2.45) is 0 Å². The molecule has 1 aromatic rings. The summed E-state index contributed by atoms with van der Waals surface area (Å²) in [4.78, 5) is 6.01. The summed E-state index contributed by atoms with van der Waals surface area (Å²) in [5.41, 5.74) is 0.817. The Hall–Kier alpha value is -1.08. The maximum absolute atomic E-state index is 11.1. The Morgan fingerprint density at radius 2 is 2.05 bits per heavy atom. The van der Waals surface area contributed by atoms with Gasteiger partial charge in [-0.25, -0.2) is 8.42 Å². The minimum atomic E-state index is -2.97. The SMILES string of the molecule is CN(CCS(C)(=O)=O)c1nc(CNC(C)(C)C)co1. The molecule has 110 valence electrons. The molecular formula is C12H23N3O3S. The van der Waals surface area contributed by atoms with Crippen molar-refractivity contribution in [1.29, 1.82) is 0 Å². The van der Waals surface area contributed by atoms with Gasteiger partial charge in [0.1, 0.15) is 16.1 Å². The monoisotopic (exact) mass is 289 g/mol. The van der Waals surface area contributed by atoms with Gasteiger partial charge < -0.3 is 14.6 Å². The predicted octanol–water partition coefficient (Wildman–Crippen LogP) is 1.04. The first kappa shape index (κ1) is 16.0. The molecule has 6 nitrogen and oxygen atoms in total. The lowest BCUT2D eigenvalue weighted by molar-refractivity contribution is 0.421. The second-order valence-electron chi connectivity index (χ2n) is 5.78. The third kappa shape index (κ3) is 6.58. The third-order valence-electron chi connectivity index (χ3n) is 2.46. The van der Waals surface area contributed by atoms with E-state index in [1.807, 2.05) is 0 Å². The molecule has 1 heterocycles. The van der Waals surface area contributed by atoms with E-state index in [1.54, 1.807) is 18.2 Å². The van der Waals surface area contributed by atoms with E-state index in [1.165, 1.54) is 6.26 Å². The van der Waals surface area contributed by atoms with Crippen LogP contribution < -0.4 is 10.2 Å². The van der Waals surface area contributed by atoms with Gasteiger partial charge in [0.15, 0.2) is 0 Å². The molecular weight excluding hydrogens is 266 g/mol. The van der Waals surface area contributed by atoms with Crippen molar-refractivity contribution in [2.75, 3.05) is 30.5 Å². The summed E-state index contributed by atoms with van der Waals surface area (Å²) in [6.07, 6.45) is 2.81. The first-order valence-corrected chi connectivity index (χ1v) is 8.21. The summed E-state index contributed by atoms with van der Waals surface area (Å²) in [5, 5.41) is 3.31. The number of oxazole rings is 1. The average Bonchev–Trinajstić information content (AvgIpc) is 2.69. The van der Waals surface area contributed by atoms with Gasteiger partial charge >= 0.3 is 0 Å². The van der Waals surface area contributed by atoms with E-state index >= 15 is 0 Å². The number of nitrogens with one attached hydrogen (secondary N) is 1. The zero-order valence-electron chi connectivity index (χ0n) is 12.2. The smallest absolute Gasteiger partial charge is 0.297 e.